The molecule has 22 heavy (non-hydrogen) atoms. The first-order chi connectivity index (χ1) is 10.3. The summed E-state index contributed by atoms with van der Waals surface area (Å²) in [6.45, 7) is 5.23. The maximum absolute atomic E-state index is 13.9. The summed E-state index contributed by atoms with van der Waals surface area (Å²) < 4.78 is 37.9. The molecule has 6 heteroatoms. The number of rotatable bonds is 2. The van der Waals surface area contributed by atoms with Gasteiger partial charge in [0.1, 0.15) is 23.3 Å². The smallest absolute Gasteiger partial charge is 0.408 e. The minimum absolute atomic E-state index is 0.0606. The first-order valence-electron chi connectivity index (χ1n) is 7.01. The van der Waals surface area contributed by atoms with E-state index in [1.165, 1.54) is 6.26 Å². The molecule has 1 amide bonds. The highest BCUT2D eigenvalue weighted by atomic mass is 19.1. The van der Waals surface area contributed by atoms with Crippen molar-refractivity contribution in [3.05, 3.63) is 47.7 Å². The van der Waals surface area contributed by atoms with Gasteiger partial charge in [-0.15, -0.1) is 0 Å². The van der Waals surface area contributed by atoms with Crippen molar-refractivity contribution >= 4 is 6.09 Å². The SMILES string of the molecule is CC(C)(C)OC(=O)NC1CC=COC1c1cc(F)ccc1F. The molecule has 0 spiro atoms. The number of nitrogens with one attached hydrogen (secondary N) is 1. The number of alkyl carbamates (subject to hydrolysis) is 1. The number of ether oxygens (including phenoxy) is 2. The maximum atomic E-state index is 13.9. The van der Waals surface area contributed by atoms with Crippen molar-refractivity contribution in [2.45, 2.75) is 44.9 Å². The number of carbonyl (C=O) groups is 1. The van der Waals surface area contributed by atoms with Gasteiger partial charge in [0, 0.05) is 5.56 Å². The third-order valence-corrected chi connectivity index (χ3v) is 3.04. The van der Waals surface area contributed by atoms with Crippen LogP contribution in [0, 0.1) is 11.6 Å². The van der Waals surface area contributed by atoms with Gasteiger partial charge in [0.15, 0.2) is 0 Å². The van der Waals surface area contributed by atoms with E-state index in [4.69, 9.17) is 9.47 Å². The topological polar surface area (TPSA) is 47.6 Å². The molecule has 2 unspecified atom stereocenters. The lowest BCUT2D eigenvalue weighted by Gasteiger charge is -2.31. The van der Waals surface area contributed by atoms with Gasteiger partial charge in [-0.2, -0.15) is 0 Å². The summed E-state index contributed by atoms with van der Waals surface area (Å²) in [6, 6.07) is 2.60. The fraction of sp³-hybridized carbons (Fsp3) is 0.438. The van der Waals surface area contributed by atoms with Crippen molar-refractivity contribution in [2.75, 3.05) is 0 Å². The van der Waals surface area contributed by atoms with Crippen LogP contribution in [0.5, 0.6) is 0 Å². The van der Waals surface area contributed by atoms with Crippen LogP contribution in [0.2, 0.25) is 0 Å². The molecular weight excluding hydrogens is 292 g/mol. The van der Waals surface area contributed by atoms with E-state index in [1.807, 2.05) is 0 Å². The van der Waals surface area contributed by atoms with Crippen LogP contribution >= 0.6 is 0 Å². The van der Waals surface area contributed by atoms with Gasteiger partial charge < -0.3 is 14.8 Å². The highest BCUT2D eigenvalue weighted by Gasteiger charge is 2.31. The van der Waals surface area contributed by atoms with Crippen LogP contribution in [-0.4, -0.2) is 17.7 Å². The fourth-order valence-corrected chi connectivity index (χ4v) is 2.18. The molecule has 120 valence electrons. The second kappa shape index (κ2) is 6.34. The Morgan fingerprint density at radius 1 is 1.36 bits per heavy atom. The van der Waals surface area contributed by atoms with E-state index in [-0.39, 0.29) is 5.56 Å². The summed E-state index contributed by atoms with van der Waals surface area (Å²) in [5.74, 6) is -1.15. The largest absolute Gasteiger partial charge is 0.491 e. The number of hydrogen-bond donors (Lipinski definition) is 1. The van der Waals surface area contributed by atoms with Gasteiger partial charge in [-0.05, 0) is 51.5 Å². The van der Waals surface area contributed by atoms with Gasteiger partial charge in [-0.3, -0.25) is 0 Å². The molecule has 2 rings (SSSR count). The number of hydrogen-bond acceptors (Lipinski definition) is 3. The Bertz CT molecular complexity index is 581. The van der Waals surface area contributed by atoms with E-state index in [0.29, 0.717) is 6.42 Å². The molecule has 0 saturated heterocycles. The third kappa shape index (κ3) is 4.19. The lowest BCUT2D eigenvalue weighted by atomic mass is 9.97. The van der Waals surface area contributed by atoms with E-state index in [2.05, 4.69) is 5.32 Å². The van der Waals surface area contributed by atoms with Gasteiger partial charge >= 0.3 is 6.09 Å². The van der Waals surface area contributed by atoms with Gasteiger partial charge in [-0.25, -0.2) is 13.6 Å². The fourth-order valence-electron chi connectivity index (χ4n) is 2.18. The Balaban J connectivity index is 2.17. The Hall–Kier alpha value is -2.11. The predicted octanol–water partition coefficient (Wildman–Crippen LogP) is 3.83. The zero-order chi connectivity index (χ0) is 16.3. The number of carbonyl (C=O) groups excluding carboxylic acids is 1. The lowest BCUT2D eigenvalue weighted by molar-refractivity contribution is 0.0368. The molecule has 0 aliphatic carbocycles. The van der Waals surface area contributed by atoms with Crippen LogP contribution in [0.15, 0.2) is 30.5 Å². The normalized spacial score (nSPS) is 21.1. The predicted molar refractivity (Wildman–Crippen MR) is 77.1 cm³/mol. The number of benzene rings is 1. The summed E-state index contributed by atoms with van der Waals surface area (Å²) in [5, 5.41) is 2.64. The third-order valence-electron chi connectivity index (χ3n) is 3.04. The Kier molecular flexibility index (Phi) is 4.68. The van der Waals surface area contributed by atoms with E-state index in [9.17, 15) is 13.6 Å². The van der Waals surface area contributed by atoms with Crippen LogP contribution in [0.25, 0.3) is 0 Å². The molecule has 1 aromatic carbocycles. The average molecular weight is 311 g/mol. The summed E-state index contributed by atoms with van der Waals surface area (Å²) in [7, 11) is 0. The molecule has 4 nitrogen and oxygen atoms in total. The maximum Gasteiger partial charge on any atom is 0.408 e. The van der Waals surface area contributed by atoms with Gasteiger partial charge in [-0.1, -0.05) is 0 Å². The summed E-state index contributed by atoms with van der Waals surface area (Å²) in [5.41, 5.74) is -0.583. The van der Waals surface area contributed by atoms with Crippen LogP contribution in [0.3, 0.4) is 0 Å². The minimum Gasteiger partial charge on any atom is -0.491 e. The van der Waals surface area contributed by atoms with E-state index >= 15 is 0 Å². The molecule has 1 aliphatic rings. The molecule has 0 saturated carbocycles. The Morgan fingerprint density at radius 2 is 2.09 bits per heavy atom. The Labute approximate surface area is 128 Å². The van der Waals surface area contributed by atoms with E-state index in [0.717, 1.165) is 18.2 Å². The molecule has 1 heterocycles. The quantitative estimate of drug-likeness (QED) is 0.903. The van der Waals surface area contributed by atoms with Crippen LogP contribution in [-0.2, 0) is 9.47 Å². The molecule has 2 atom stereocenters. The first-order valence-corrected chi connectivity index (χ1v) is 7.01. The molecular formula is C16H19F2NO3. The molecule has 1 aromatic rings. The van der Waals surface area contributed by atoms with Crippen molar-refractivity contribution in [1.82, 2.24) is 5.32 Å². The highest BCUT2D eigenvalue weighted by Crippen LogP contribution is 2.30. The van der Waals surface area contributed by atoms with Crippen molar-refractivity contribution in [2.24, 2.45) is 0 Å². The summed E-state index contributed by atoms with van der Waals surface area (Å²) in [6.07, 6.45) is 2.11. The zero-order valence-electron chi connectivity index (χ0n) is 12.7. The summed E-state index contributed by atoms with van der Waals surface area (Å²) in [4.78, 5) is 11.9. The van der Waals surface area contributed by atoms with Crippen molar-refractivity contribution in [3.8, 4) is 0 Å². The standard InChI is InChI=1S/C16H19F2NO3/c1-16(2,3)22-15(20)19-13-5-4-8-21-14(13)11-9-10(17)6-7-12(11)18/h4,6-9,13-14H,5H2,1-3H3,(H,19,20). The van der Waals surface area contributed by atoms with E-state index < -0.39 is 35.5 Å². The van der Waals surface area contributed by atoms with Crippen molar-refractivity contribution in [3.63, 3.8) is 0 Å². The summed E-state index contributed by atoms with van der Waals surface area (Å²) >= 11 is 0. The lowest BCUT2D eigenvalue weighted by Crippen LogP contribution is -2.43. The van der Waals surface area contributed by atoms with Crippen molar-refractivity contribution in [1.29, 1.82) is 0 Å². The highest BCUT2D eigenvalue weighted by molar-refractivity contribution is 5.68. The molecule has 0 bridgehead atoms. The molecule has 1 aliphatic heterocycles. The van der Waals surface area contributed by atoms with Gasteiger partial charge in [0.2, 0.25) is 0 Å². The zero-order valence-corrected chi connectivity index (χ0v) is 12.7. The van der Waals surface area contributed by atoms with E-state index in [1.54, 1.807) is 26.8 Å². The van der Waals surface area contributed by atoms with Gasteiger partial charge in [0.25, 0.3) is 0 Å². The second-order valence-electron chi connectivity index (χ2n) is 6.08. The van der Waals surface area contributed by atoms with Crippen LogP contribution in [0.4, 0.5) is 13.6 Å². The van der Waals surface area contributed by atoms with Gasteiger partial charge in [0.05, 0.1) is 12.3 Å². The first kappa shape index (κ1) is 16.3. The second-order valence-corrected chi connectivity index (χ2v) is 6.08. The number of amides is 1. The van der Waals surface area contributed by atoms with Crippen molar-refractivity contribution < 1.29 is 23.0 Å². The molecule has 0 aromatic heterocycles. The average Bonchev–Trinajstić information content (AvgIpc) is 2.40. The molecule has 0 fully saturated rings. The van der Waals surface area contributed by atoms with Crippen LogP contribution < -0.4 is 5.32 Å². The monoisotopic (exact) mass is 311 g/mol. The Morgan fingerprint density at radius 3 is 2.77 bits per heavy atom. The minimum atomic E-state index is -0.812. The molecule has 1 N–H and O–H groups in total. The molecule has 0 radical (unpaired) electrons. The number of halogens is 2. The van der Waals surface area contributed by atoms with Crippen LogP contribution in [0.1, 0.15) is 38.9 Å².